The summed E-state index contributed by atoms with van der Waals surface area (Å²) in [6.45, 7) is 9.37. The summed E-state index contributed by atoms with van der Waals surface area (Å²) in [5.74, 6) is 13.6. The molecule has 0 spiro atoms. The maximum absolute atomic E-state index is 5.88. The molecule has 0 aliphatic rings. The lowest BCUT2D eigenvalue weighted by Gasteiger charge is -2.15. The smallest absolute Gasteiger partial charge is 0.126 e. The highest BCUT2D eigenvalue weighted by Gasteiger charge is 2.10. The molecule has 2 heterocycles. The van der Waals surface area contributed by atoms with Gasteiger partial charge in [-0.1, -0.05) is 24.8 Å². The minimum atomic E-state index is -0.466. The van der Waals surface area contributed by atoms with Gasteiger partial charge in [-0.05, 0) is 72.8 Å². The van der Waals surface area contributed by atoms with Crippen LogP contribution in [0.2, 0.25) is 0 Å². The molecule has 2 rings (SSSR count). The maximum Gasteiger partial charge on any atom is 0.126 e. The van der Waals surface area contributed by atoms with E-state index >= 15 is 0 Å². The third kappa shape index (κ3) is 9.17. The van der Waals surface area contributed by atoms with Crippen molar-refractivity contribution < 1.29 is 13.9 Å². The number of furan rings is 1. The van der Waals surface area contributed by atoms with Gasteiger partial charge in [-0.2, -0.15) is 11.3 Å². The number of ether oxygens (including phenoxy) is 2. The topological polar surface area (TPSA) is 34.8 Å². The van der Waals surface area contributed by atoms with Crippen LogP contribution in [0.5, 0.6) is 0 Å². The Morgan fingerprint density at radius 1 is 1.24 bits per heavy atom. The molecule has 0 aromatic carbocycles. The molecule has 4 nitrogen and oxygen atoms in total. The molecule has 0 aliphatic carbocycles. The van der Waals surface area contributed by atoms with Gasteiger partial charge in [0.05, 0.1) is 26.3 Å². The predicted octanol–water partition coefficient (Wildman–Crippen LogP) is 4.82. The van der Waals surface area contributed by atoms with E-state index in [0.717, 1.165) is 18.1 Å². The summed E-state index contributed by atoms with van der Waals surface area (Å²) in [6, 6.07) is 6.05. The van der Waals surface area contributed by atoms with Crippen molar-refractivity contribution in [2.24, 2.45) is 0 Å². The second kappa shape index (κ2) is 12.3. The molecule has 154 valence electrons. The summed E-state index contributed by atoms with van der Waals surface area (Å²) in [4.78, 5) is 2.20. The molecule has 0 unspecified atom stereocenters. The summed E-state index contributed by atoms with van der Waals surface area (Å²) < 4.78 is 16.7. The fourth-order valence-corrected chi connectivity index (χ4v) is 2.93. The first-order valence-corrected chi connectivity index (χ1v) is 10.6. The number of rotatable bonds is 10. The molecular formula is C24H29NO3S. The molecule has 2 aromatic rings. The van der Waals surface area contributed by atoms with Crippen LogP contribution in [0.25, 0.3) is 6.08 Å². The molecule has 0 bridgehead atoms. The second-order valence-electron chi connectivity index (χ2n) is 6.92. The van der Waals surface area contributed by atoms with Crippen LogP contribution in [0.15, 0.2) is 39.5 Å². The highest BCUT2D eigenvalue weighted by Crippen LogP contribution is 2.12. The SMILES string of the molecule is CCN(CC#CC#CC(C)(C)OC)Cc1ccc(/C=C/COCc2ccsc2)o1. The van der Waals surface area contributed by atoms with E-state index in [-0.39, 0.29) is 0 Å². The Kier molecular flexibility index (Phi) is 9.77. The summed E-state index contributed by atoms with van der Waals surface area (Å²) in [5.41, 5.74) is 0.742. The van der Waals surface area contributed by atoms with Crippen molar-refractivity contribution in [1.82, 2.24) is 4.90 Å². The van der Waals surface area contributed by atoms with Crippen molar-refractivity contribution in [2.45, 2.75) is 39.5 Å². The van der Waals surface area contributed by atoms with E-state index in [1.165, 1.54) is 5.56 Å². The highest BCUT2D eigenvalue weighted by atomic mass is 32.1. The molecule has 0 fully saturated rings. The van der Waals surface area contributed by atoms with Crippen LogP contribution in [-0.4, -0.2) is 37.3 Å². The predicted molar refractivity (Wildman–Crippen MR) is 119 cm³/mol. The number of nitrogens with zero attached hydrogens (tertiary/aromatic N) is 1. The lowest BCUT2D eigenvalue weighted by atomic mass is 10.1. The molecule has 29 heavy (non-hydrogen) atoms. The van der Waals surface area contributed by atoms with Crippen molar-refractivity contribution in [3.05, 3.63) is 52.1 Å². The molecule has 5 heteroatoms. The van der Waals surface area contributed by atoms with Gasteiger partial charge in [-0.3, -0.25) is 4.90 Å². The van der Waals surface area contributed by atoms with E-state index in [4.69, 9.17) is 13.9 Å². The molecular weight excluding hydrogens is 382 g/mol. The fraction of sp³-hybridized carbons (Fsp3) is 0.417. The van der Waals surface area contributed by atoms with Crippen molar-refractivity contribution in [3.63, 3.8) is 0 Å². The van der Waals surface area contributed by atoms with Gasteiger partial charge in [0, 0.05) is 7.11 Å². The molecule has 0 atom stereocenters. The van der Waals surface area contributed by atoms with Crippen molar-refractivity contribution in [3.8, 4) is 23.7 Å². The molecule has 0 N–H and O–H groups in total. The Hall–Kier alpha value is -2.28. The van der Waals surface area contributed by atoms with Gasteiger partial charge in [0.15, 0.2) is 0 Å². The highest BCUT2D eigenvalue weighted by molar-refractivity contribution is 7.07. The lowest BCUT2D eigenvalue weighted by Crippen LogP contribution is -2.22. The van der Waals surface area contributed by atoms with Crippen molar-refractivity contribution in [1.29, 1.82) is 0 Å². The van der Waals surface area contributed by atoms with E-state index in [9.17, 15) is 0 Å². The molecule has 0 aliphatic heterocycles. The van der Waals surface area contributed by atoms with E-state index in [0.29, 0.717) is 26.3 Å². The number of hydrogen-bond acceptors (Lipinski definition) is 5. The van der Waals surface area contributed by atoms with Crippen LogP contribution < -0.4 is 0 Å². The zero-order valence-electron chi connectivity index (χ0n) is 17.7. The van der Waals surface area contributed by atoms with E-state index in [1.54, 1.807) is 18.4 Å². The molecule has 0 saturated heterocycles. The van der Waals surface area contributed by atoms with Crippen molar-refractivity contribution in [2.75, 3.05) is 26.8 Å². The zero-order chi connectivity index (χ0) is 21.0. The summed E-state index contributed by atoms with van der Waals surface area (Å²) in [5, 5.41) is 4.15. The van der Waals surface area contributed by atoms with Crippen LogP contribution >= 0.6 is 11.3 Å². The van der Waals surface area contributed by atoms with Gasteiger partial charge in [0.2, 0.25) is 0 Å². The lowest BCUT2D eigenvalue weighted by molar-refractivity contribution is 0.0742. The van der Waals surface area contributed by atoms with E-state index in [1.807, 2.05) is 38.1 Å². The Morgan fingerprint density at radius 3 is 2.83 bits per heavy atom. The standard InChI is InChI=1S/C24H29NO3S/c1-5-25(15-8-6-7-14-24(2,3)26-4)18-23-12-11-22(28-23)10-9-16-27-19-21-13-17-29-20-21/h9-13,17,20H,5,15-16,18-19H2,1-4H3/b10-9+. The minimum Gasteiger partial charge on any atom is -0.460 e. The fourth-order valence-electron chi connectivity index (χ4n) is 2.28. The van der Waals surface area contributed by atoms with Gasteiger partial charge in [0.25, 0.3) is 0 Å². The first kappa shape index (κ1) is 23.0. The van der Waals surface area contributed by atoms with E-state index in [2.05, 4.69) is 52.3 Å². The molecule has 2 aromatic heterocycles. The minimum absolute atomic E-state index is 0.466. The van der Waals surface area contributed by atoms with Crippen LogP contribution in [0.1, 0.15) is 37.9 Å². The Labute approximate surface area is 178 Å². The van der Waals surface area contributed by atoms with Gasteiger partial charge in [-0.25, -0.2) is 0 Å². The average molecular weight is 412 g/mol. The van der Waals surface area contributed by atoms with Crippen LogP contribution in [0.3, 0.4) is 0 Å². The Bertz CT molecular complexity index is 873. The normalized spacial score (nSPS) is 11.3. The van der Waals surface area contributed by atoms with E-state index < -0.39 is 5.60 Å². The van der Waals surface area contributed by atoms with Gasteiger partial charge >= 0.3 is 0 Å². The zero-order valence-corrected chi connectivity index (χ0v) is 18.5. The number of methoxy groups -OCH3 is 1. The summed E-state index contributed by atoms with van der Waals surface area (Å²) in [7, 11) is 1.64. The van der Waals surface area contributed by atoms with Gasteiger partial charge in [-0.15, -0.1) is 0 Å². The molecule has 0 radical (unpaired) electrons. The molecule has 0 saturated carbocycles. The summed E-state index contributed by atoms with van der Waals surface area (Å²) in [6.07, 6.45) is 3.92. The van der Waals surface area contributed by atoms with Gasteiger partial charge < -0.3 is 13.9 Å². The third-order valence-corrected chi connectivity index (χ3v) is 4.91. The Balaban J connectivity index is 1.76. The van der Waals surface area contributed by atoms with Gasteiger partial charge in [0.1, 0.15) is 17.1 Å². The monoisotopic (exact) mass is 411 g/mol. The van der Waals surface area contributed by atoms with Crippen LogP contribution in [-0.2, 0) is 22.6 Å². The third-order valence-electron chi connectivity index (χ3n) is 4.18. The Morgan fingerprint density at radius 2 is 2.10 bits per heavy atom. The largest absolute Gasteiger partial charge is 0.460 e. The van der Waals surface area contributed by atoms with Crippen LogP contribution in [0.4, 0.5) is 0 Å². The first-order chi connectivity index (χ1) is 14.0. The number of thiophene rings is 1. The first-order valence-electron chi connectivity index (χ1n) is 9.64. The number of hydrogen-bond donors (Lipinski definition) is 0. The quantitative estimate of drug-likeness (QED) is 0.415. The maximum atomic E-state index is 5.88. The van der Waals surface area contributed by atoms with Crippen LogP contribution in [0, 0.1) is 23.7 Å². The summed E-state index contributed by atoms with van der Waals surface area (Å²) >= 11 is 1.68. The average Bonchev–Trinajstić information content (AvgIpc) is 3.38. The van der Waals surface area contributed by atoms with Crippen molar-refractivity contribution >= 4 is 17.4 Å². The second-order valence-corrected chi connectivity index (χ2v) is 7.70. The molecule has 0 amide bonds.